The van der Waals surface area contributed by atoms with Gasteiger partial charge in [0.05, 0.1) is 0 Å². The van der Waals surface area contributed by atoms with Crippen LogP contribution in [0.3, 0.4) is 0 Å². The molecule has 0 bridgehead atoms. The van der Waals surface area contributed by atoms with Gasteiger partial charge in [-0.1, -0.05) is 119 Å². The van der Waals surface area contributed by atoms with E-state index in [2.05, 4.69) is 135 Å². The van der Waals surface area contributed by atoms with E-state index < -0.39 is 0 Å². The van der Waals surface area contributed by atoms with Gasteiger partial charge >= 0.3 is 0 Å². The first-order valence-electron chi connectivity index (χ1n) is 19.7. The fraction of sp³-hybridized carbons (Fsp3) is 0.609. The van der Waals surface area contributed by atoms with Crippen LogP contribution in [0, 0.1) is 54.4 Å². The molecule has 0 unspecified atom stereocenters. The van der Waals surface area contributed by atoms with Crippen LogP contribution in [0.5, 0.6) is 11.5 Å². The number of likely N-dealkylation sites (N-methyl/N-ethyl adjacent to an activating group) is 2. The molecule has 3 aromatic carbocycles. The Labute approximate surface area is 309 Å². The Bertz CT molecular complexity index is 1200. The highest BCUT2D eigenvalue weighted by Crippen LogP contribution is 2.27. The molecule has 1 aliphatic carbocycles. The molecule has 2 atom stereocenters. The van der Waals surface area contributed by atoms with E-state index in [9.17, 15) is 0 Å². The summed E-state index contributed by atoms with van der Waals surface area (Å²) in [5, 5.41) is 6.30. The minimum absolute atomic E-state index is 0.383. The van der Waals surface area contributed by atoms with Gasteiger partial charge in [0, 0.05) is 12.1 Å². The summed E-state index contributed by atoms with van der Waals surface area (Å²) in [6.45, 7) is 25.1. The highest BCUT2D eigenvalue weighted by Gasteiger charge is 2.11. The molecule has 4 heteroatoms. The van der Waals surface area contributed by atoms with Crippen LogP contribution in [-0.4, -0.2) is 39.4 Å². The minimum Gasteiger partial charge on any atom is -0.491 e. The first-order valence-corrected chi connectivity index (χ1v) is 19.7. The topological polar surface area (TPSA) is 42.5 Å². The number of nitrogens with one attached hydrogen (secondary N) is 2. The molecule has 2 N–H and O–H groups in total. The molecular formula is C46H76N2O2. The van der Waals surface area contributed by atoms with E-state index in [0.29, 0.717) is 25.3 Å². The van der Waals surface area contributed by atoms with Crippen molar-refractivity contribution in [3.8, 4) is 11.5 Å². The highest BCUT2D eigenvalue weighted by atomic mass is 16.5. The van der Waals surface area contributed by atoms with Gasteiger partial charge in [0.15, 0.2) is 0 Å². The summed E-state index contributed by atoms with van der Waals surface area (Å²) in [5.74, 6) is 3.15. The Morgan fingerprint density at radius 2 is 1.04 bits per heavy atom. The van der Waals surface area contributed by atoms with Crippen molar-refractivity contribution in [1.29, 1.82) is 0 Å². The number of para-hydroxylation sites is 2. The maximum Gasteiger partial charge on any atom is 0.125 e. The predicted molar refractivity (Wildman–Crippen MR) is 221 cm³/mol. The van der Waals surface area contributed by atoms with E-state index in [-0.39, 0.29) is 0 Å². The van der Waals surface area contributed by atoms with Crippen LogP contribution in [0.25, 0.3) is 0 Å². The molecule has 0 spiro atoms. The molecule has 282 valence electrons. The third kappa shape index (κ3) is 17.9. The summed E-state index contributed by atoms with van der Waals surface area (Å²) in [5.41, 5.74) is 10.7. The van der Waals surface area contributed by atoms with Gasteiger partial charge in [-0.15, -0.1) is 0 Å². The summed E-state index contributed by atoms with van der Waals surface area (Å²) in [6.07, 6.45) is 14.3. The van der Waals surface area contributed by atoms with Crippen LogP contribution in [0.1, 0.15) is 130 Å². The van der Waals surface area contributed by atoms with E-state index in [1.165, 1.54) is 103 Å². The van der Waals surface area contributed by atoms with Gasteiger partial charge in [-0.05, 0) is 134 Å². The van der Waals surface area contributed by atoms with Crippen molar-refractivity contribution < 1.29 is 9.47 Å². The Morgan fingerprint density at radius 3 is 1.40 bits per heavy atom. The van der Waals surface area contributed by atoms with Crippen molar-refractivity contribution in [2.24, 2.45) is 5.92 Å². The number of hydrogen-bond donors (Lipinski definition) is 2. The van der Waals surface area contributed by atoms with E-state index in [4.69, 9.17) is 9.47 Å². The number of unbranched alkanes of at least 4 members (excludes halogenated alkanes) is 1. The van der Waals surface area contributed by atoms with Gasteiger partial charge in [0.25, 0.3) is 0 Å². The zero-order valence-corrected chi connectivity index (χ0v) is 34.7. The van der Waals surface area contributed by atoms with Crippen LogP contribution in [0.15, 0.2) is 48.5 Å². The highest BCUT2D eigenvalue weighted by molar-refractivity contribution is 5.40. The van der Waals surface area contributed by atoms with Gasteiger partial charge in [-0.25, -0.2) is 0 Å². The lowest BCUT2D eigenvalue weighted by Crippen LogP contribution is -2.28. The summed E-state index contributed by atoms with van der Waals surface area (Å²) in [6, 6.07) is 17.8. The Balaban J connectivity index is 0.000000337. The molecule has 0 saturated heterocycles. The van der Waals surface area contributed by atoms with Crippen molar-refractivity contribution in [1.82, 2.24) is 10.6 Å². The Hall–Kier alpha value is -2.82. The summed E-state index contributed by atoms with van der Waals surface area (Å²) >= 11 is 0. The SMILES string of the molecule is CCCC1CCCCC1.CCCCc1c(C)cc(C)cc1C.CN[C@@H](C)COc1c(C)cccc1C.CN[C@H](C)COc1c(C)cccc1C. The standard InChI is InChI=1S/C13H20.2C12H19NO.C9H18/c1-5-6-7-13-11(3)8-10(2)9-12(13)4;2*1-9-6-5-7-10(2)12(9)14-8-11(3)13-4;1-2-6-9-7-4-3-5-8-9/h8-9H,5-7H2,1-4H3;2*5-7,11,13H,8H2,1-4H3;9H,2-8H2,1H3/t;2*11-;/m.10./s1. The molecule has 1 saturated carbocycles. The lowest BCUT2D eigenvalue weighted by atomic mass is 9.86. The van der Waals surface area contributed by atoms with Crippen molar-refractivity contribution in [2.75, 3.05) is 27.3 Å². The second kappa shape index (κ2) is 26.0. The van der Waals surface area contributed by atoms with Gasteiger partial charge < -0.3 is 20.1 Å². The average molecular weight is 689 g/mol. The van der Waals surface area contributed by atoms with Crippen molar-refractivity contribution >= 4 is 0 Å². The average Bonchev–Trinajstić information content (AvgIpc) is 3.08. The second-order valence-corrected chi connectivity index (χ2v) is 14.7. The molecule has 1 fully saturated rings. The molecule has 0 amide bonds. The summed E-state index contributed by atoms with van der Waals surface area (Å²) < 4.78 is 11.5. The number of benzene rings is 3. The van der Waals surface area contributed by atoms with Crippen LogP contribution < -0.4 is 20.1 Å². The van der Waals surface area contributed by atoms with E-state index in [0.717, 1.165) is 17.4 Å². The minimum atomic E-state index is 0.383. The fourth-order valence-corrected chi connectivity index (χ4v) is 6.48. The molecule has 0 radical (unpaired) electrons. The Morgan fingerprint density at radius 1 is 0.620 bits per heavy atom. The molecule has 0 heterocycles. The molecule has 50 heavy (non-hydrogen) atoms. The third-order valence-corrected chi connectivity index (χ3v) is 9.80. The lowest BCUT2D eigenvalue weighted by molar-refractivity contribution is 0.276. The zero-order chi connectivity index (χ0) is 37.5. The van der Waals surface area contributed by atoms with Gasteiger partial charge in [0.2, 0.25) is 0 Å². The number of hydrogen-bond acceptors (Lipinski definition) is 4. The molecule has 4 nitrogen and oxygen atoms in total. The van der Waals surface area contributed by atoms with Crippen LogP contribution in [-0.2, 0) is 6.42 Å². The summed E-state index contributed by atoms with van der Waals surface area (Å²) in [4.78, 5) is 0. The number of rotatable bonds is 13. The van der Waals surface area contributed by atoms with Crippen molar-refractivity contribution in [3.63, 3.8) is 0 Å². The van der Waals surface area contributed by atoms with Crippen LogP contribution in [0.2, 0.25) is 0 Å². The monoisotopic (exact) mass is 689 g/mol. The van der Waals surface area contributed by atoms with Crippen molar-refractivity contribution in [3.05, 3.63) is 93.0 Å². The van der Waals surface area contributed by atoms with Crippen molar-refractivity contribution in [2.45, 2.75) is 152 Å². The second-order valence-electron chi connectivity index (χ2n) is 14.7. The molecular weight excluding hydrogens is 613 g/mol. The molecule has 0 aliphatic heterocycles. The first-order chi connectivity index (χ1) is 23.9. The van der Waals surface area contributed by atoms with Gasteiger partial charge in [-0.2, -0.15) is 0 Å². The van der Waals surface area contributed by atoms with Crippen LogP contribution in [0.4, 0.5) is 0 Å². The van der Waals surface area contributed by atoms with E-state index >= 15 is 0 Å². The number of ether oxygens (including phenoxy) is 2. The zero-order valence-electron chi connectivity index (χ0n) is 34.7. The summed E-state index contributed by atoms with van der Waals surface area (Å²) in [7, 11) is 3.89. The lowest BCUT2D eigenvalue weighted by Gasteiger charge is -2.20. The smallest absolute Gasteiger partial charge is 0.125 e. The van der Waals surface area contributed by atoms with Gasteiger partial charge in [-0.3, -0.25) is 0 Å². The molecule has 1 aliphatic rings. The predicted octanol–water partition coefficient (Wildman–Crippen LogP) is 11.9. The molecule has 0 aromatic heterocycles. The van der Waals surface area contributed by atoms with E-state index in [1.807, 2.05) is 14.1 Å². The van der Waals surface area contributed by atoms with Crippen LogP contribution >= 0.6 is 0 Å². The molecule has 3 aromatic rings. The first kappa shape index (κ1) is 45.2. The normalized spacial score (nSPS) is 13.8. The number of aryl methyl sites for hydroxylation is 7. The van der Waals surface area contributed by atoms with Gasteiger partial charge in [0.1, 0.15) is 24.7 Å². The molecule has 4 rings (SSSR count). The largest absolute Gasteiger partial charge is 0.491 e. The fourth-order valence-electron chi connectivity index (χ4n) is 6.48. The third-order valence-electron chi connectivity index (χ3n) is 9.80. The Kier molecular flexibility index (Phi) is 23.5. The quantitative estimate of drug-likeness (QED) is 0.188. The maximum atomic E-state index is 5.76. The maximum absolute atomic E-state index is 5.76. The van der Waals surface area contributed by atoms with E-state index in [1.54, 1.807) is 5.56 Å².